The largest absolute Gasteiger partial charge is 0.508 e. The maximum Gasteiger partial charge on any atom is 0.265 e. The highest BCUT2D eigenvalue weighted by Crippen LogP contribution is 2.29. The van der Waals surface area contributed by atoms with E-state index in [9.17, 15) is 14.7 Å². The summed E-state index contributed by atoms with van der Waals surface area (Å²) < 4.78 is 6.83. The van der Waals surface area contributed by atoms with Crippen molar-refractivity contribution in [3.63, 3.8) is 0 Å². The number of carbonyl (C=O) groups excluding carboxylic acids is 1. The Balaban J connectivity index is 1.76. The number of phenols is 1. The SMILES string of the molecule is Cc1c(C(=O)N(Cc2ccco2)Cc2ccccc2O)sc2ncn(C)c(=O)c12. The number of hydrogen-bond acceptors (Lipinski definition) is 6. The molecule has 0 saturated heterocycles. The van der Waals surface area contributed by atoms with Gasteiger partial charge < -0.3 is 19.0 Å². The fourth-order valence-corrected chi connectivity index (χ4v) is 4.30. The maximum atomic E-state index is 13.4. The third-order valence-corrected chi connectivity index (χ3v) is 5.96. The standard InChI is InChI=1S/C21H19N3O4S/c1-13-17-19(22-12-23(2)20(17)26)29-18(13)21(27)24(11-15-7-5-9-28-15)10-14-6-3-4-8-16(14)25/h3-9,12,25H,10-11H2,1-2H3. The number of furan rings is 1. The van der Waals surface area contributed by atoms with Crippen LogP contribution < -0.4 is 5.56 Å². The Morgan fingerprint density at radius 2 is 2.03 bits per heavy atom. The van der Waals surface area contributed by atoms with E-state index in [2.05, 4.69) is 4.98 Å². The third kappa shape index (κ3) is 3.54. The highest BCUT2D eigenvalue weighted by molar-refractivity contribution is 7.20. The molecule has 29 heavy (non-hydrogen) atoms. The van der Waals surface area contributed by atoms with E-state index >= 15 is 0 Å². The molecule has 8 heteroatoms. The van der Waals surface area contributed by atoms with Crippen LogP contribution in [0.25, 0.3) is 10.2 Å². The summed E-state index contributed by atoms with van der Waals surface area (Å²) in [5, 5.41) is 10.6. The average molecular weight is 409 g/mol. The first-order valence-corrected chi connectivity index (χ1v) is 9.80. The second-order valence-electron chi connectivity index (χ2n) is 6.77. The first-order valence-electron chi connectivity index (χ1n) is 8.99. The number of thiophene rings is 1. The molecule has 7 nitrogen and oxygen atoms in total. The van der Waals surface area contributed by atoms with Gasteiger partial charge in [-0.05, 0) is 30.7 Å². The fraction of sp³-hybridized carbons (Fsp3) is 0.190. The van der Waals surface area contributed by atoms with Gasteiger partial charge in [-0.1, -0.05) is 18.2 Å². The van der Waals surface area contributed by atoms with E-state index in [1.807, 2.05) is 6.07 Å². The topological polar surface area (TPSA) is 88.6 Å². The molecule has 0 aliphatic heterocycles. The molecule has 0 unspecified atom stereocenters. The lowest BCUT2D eigenvalue weighted by Crippen LogP contribution is -2.30. The van der Waals surface area contributed by atoms with Crippen molar-refractivity contribution >= 4 is 27.5 Å². The van der Waals surface area contributed by atoms with Gasteiger partial charge in [0.15, 0.2) is 0 Å². The Morgan fingerprint density at radius 3 is 2.76 bits per heavy atom. The summed E-state index contributed by atoms with van der Waals surface area (Å²) in [5.74, 6) is 0.502. The van der Waals surface area contributed by atoms with Gasteiger partial charge in [0, 0.05) is 12.6 Å². The van der Waals surface area contributed by atoms with Gasteiger partial charge in [0.1, 0.15) is 16.3 Å². The number of benzene rings is 1. The predicted molar refractivity (Wildman–Crippen MR) is 110 cm³/mol. The lowest BCUT2D eigenvalue weighted by molar-refractivity contribution is 0.0721. The van der Waals surface area contributed by atoms with Crippen LogP contribution in [0.15, 0.2) is 58.2 Å². The van der Waals surface area contributed by atoms with Crippen molar-refractivity contribution in [3.8, 4) is 5.75 Å². The normalized spacial score (nSPS) is 11.1. The number of para-hydroxylation sites is 1. The molecule has 4 aromatic rings. The van der Waals surface area contributed by atoms with Gasteiger partial charge in [-0.25, -0.2) is 4.98 Å². The van der Waals surface area contributed by atoms with Crippen LogP contribution in [0.1, 0.15) is 26.6 Å². The summed E-state index contributed by atoms with van der Waals surface area (Å²) in [7, 11) is 1.63. The van der Waals surface area contributed by atoms with E-state index in [1.54, 1.807) is 55.5 Å². The number of phenolic OH excluding ortho intramolecular Hbond substituents is 1. The van der Waals surface area contributed by atoms with Gasteiger partial charge in [0.05, 0.1) is 35.9 Å². The number of aryl methyl sites for hydroxylation is 2. The molecule has 148 valence electrons. The Bertz CT molecular complexity index is 1240. The molecule has 0 bridgehead atoms. The first kappa shape index (κ1) is 18.9. The number of amides is 1. The van der Waals surface area contributed by atoms with Gasteiger partial charge in [0.2, 0.25) is 0 Å². The maximum absolute atomic E-state index is 13.4. The third-order valence-electron chi connectivity index (χ3n) is 4.77. The van der Waals surface area contributed by atoms with E-state index in [0.717, 1.165) is 0 Å². The quantitative estimate of drug-likeness (QED) is 0.545. The molecule has 1 amide bonds. The van der Waals surface area contributed by atoms with Gasteiger partial charge in [-0.2, -0.15) is 0 Å². The Kier molecular flexibility index (Phi) is 4.94. The van der Waals surface area contributed by atoms with Crippen LogP contribution in [0.5, 0.6) is 5.75 Å². The van der Waals surface area contributed by atoms with Crippen LogP contribution in [-0.4, -0.2) is 25.5 Å². The van der Waals surface area contributed by atoms with Gasteiger partial charge >= 0.3 is 0 Å². The van der Waals surface area contributed by atoms with E-state index in [4.69, 9.17) is 4.42 Å². The zero-order valence-electron chi connectivity index (χ0n) is 16.0. The molecule has 1 N–H and O–H groups in total. The average Bonchev–Trinajstić information content (AvgIpc) is 3.33. The van der Waals surface area contributed by atoms with Crippen LogP contribution in [-0.2, 0) is 20.1 Å². The van der Waals surface area contributed by atoms with Crippen molar-refractivity contribution in [2.75, 3.05) is 0 Å². The molecule has 0 fully saturated rings. The highest BCUT2D eigenvalue weighted by atomic mass is 32.1. The molecule has 1 aromatic carbocycles. The van der Waals surface area contributed by atoms with Crippen molar-refractivity contribution in [1.29, 1.82) is 0 Å². The number of fused-ring (bicyclic) bond motifs is 1. The Labute approximate surface area is 170 Å². The van der Waals surface area contributed by atoms with E-state index < -0.39 is 0 Å². The summed E-state index contributed by atoms with van der Waals surface area (Å²) >= 11 is 1.20. The highest BCUT2D eigenvalue weighted by Gasteiger charge is 2.25. The Hall–Kier alpha value is -3.39. The number of hydrogen-bond donors (Lipinski definition) is 1. The van der Waals surface area contributed by atoms with Crippen LogP contribution >= 0.6 is 11.3 Å². The molecule has 3 aromatic heterocycles. The van der Waals surface area contributed by atoms with E-state index in [0.29, 0.717) is 32.0 Å². The zero-order valence-corrected chi connectivity index (χ0v) is 16.8. The molecule has 0 saturated carbocycles. The lowest BCUT2D eigenvalue weighted by Gasteiger charge is -2.22. The predicted octanol–water partition coefficient (Wildman–Crippen LogP) is 3.44. The zero-order chi connectivity index (χ0) is 20.5. The van der Waals surface area contributed by atoms with Crippen LogP contribution in [0.3, 0.4) is 0 Å². The lowest BCUT2D eigenvalue weighted by atomic mass is 10.1. The smallest absolute Gasteiger partial charge is 0.265 e. The summed E-state index contributed by atoms with van der Waals surface area (Å²) in [6.45, 7) is 2.20. The van der Waals surface area contributed by atoms with Crippen molar-refractivity contribution in [2.24, 2.45) is 7.05 Å². The second kappa shape index (κ2) is 7.56. The molecule has 0 aliphatic carbocycles. The van der Waals surface area contributed by atoms with E-state index in [1.165, 1.54) is 22.2 Å². The summed E-state index contributed by atoms with van der Waals surface area (Å²) in [6, 6.07) is 10.4. The molecule has 0 atom stereocenters. The summed E-state index contributed by atoms with van der Waals surface area (Å²) in [5.41, 5.74) is 1.06. The minimum Gasteiger partial charge on any atom is -0.508 e. The number of carbonyl (C=O) groups is 1. The van der Waals surface area contributed by atoms with Gasteiger partial charge in [-0.3, -0.25) is 9.59 Å². The van der Waals surface area contributed by atoms with Gasteiger partial charge in [0.25, 0.3) is 11.5 Å². The molecule has 0 radical (unpaired) electrons. The minimum absolute atomic E-state index is 0.119. The van der Waals surface area contributed by atoms with Gasteiger partial charge in [-0.15, -0.1) is 11.3 Å². The summed E-state index contributed by atoms with van der Waals surface area (Å²) in [4.78, 5) is 32.8. The number of aromatic hydroxyl groups is 1. The van der Waals surface area contributed by atoms with E-state index in [-0.39, 0.29) is 30.3 Å². The second-order valence-corrected chi connectivity index (χ2v) is 7.77. The van der Waals surface area contributed by atoms with Crippen LogP contribution in [0.2, 0.25) is 0 Å². The molecule has 0 aliphatic rings. The molecule has 4 rings (SSSR count). The minimum atomic E-state index is -0.243. The van der Waals surface area contributed by atoms with Crippen molar-refractivity contribution in [3.05, 3.63) is 81.1 Å². The summed E-state index contributed by atoms with van der Waals surface area (Å²) in [6.07, 6.45) is 3.01. The monoisotopic (exact) mass is 409 g/mol. The first-order chi connectivity index (χ1) is 14.0. The number of rotatable bonds is 5. The van der Waals surface area contributed by atoms with Crippen LogP contribution in [0, 0.1) is 6.92 Å². The van der Waals surface area contributed by atoms with Crippen molar-refractivity contribution in [2.45, 2.75) is 20.0 Å². The fourth-order valence-electron chi connectivity index (χ4n) is 3.20. The van der Waals surface area contributed by atoms with Crippen LogP contribution in [0.4, 0.5) is 0 Å². The van der Waals surface area contributed by atoms with Crippen molar-refractivity contribution < 1.29 is 14.3 Å². The molecule has 0 spiro atoms. The Morgan fingerprint density at radius 1 is 1.24 bits per heavy atom. The number of aromatic nitrogens is 2. The molecular formula is C21H19N3O4S. The molecule has 3 heterocycles. The number of nitrogens with zero attached hydrogens (tertiary/aromatic N) is 3. The molecular weight excluding hydrogens is 390 g/mol. The van der Waals surface area contributed by atoms with Crippen molar-refractivity contribution in [1.82, 2.24) is 14.5 Å².